The third-order valence-electron chi connectivity index (χ3n) is 2.19. The Labute approximate surface area is 110 Å². The van der Waals surface area contributed by atoms with Gasteiger partial charge in [0.15, 0.2) is 0 Å². The van der Waals surface area contributed by atoms with Crippen molar-refractivity contribution in [2.24, 2.45) is 7.05 Å². The Morgan fingerprint density at radius 1 is 1.38 bits per heavy atom. The van der Waals surface area contributed by atoms with Gasteiger partial charge in [0, 0.05) is 19.8 Å². The molecule has 1 heterocycles. The number of hydrogen-bond acceptors (Lipinski definition) is 3. The minimum absolute atomic E-state index is 0. The average Bonchev–Trinajstić information content (AvgIpc) is 2.51. The average molecular weight is 269 g/mol. The topological polar surface area (TPSA) is 33.1 Å². The Morgan fingerprint density at radius 3 is 2.56 bits per heavy atom. The molecule has 0 aliphatic carbocycles. The van der Waals surface area contributed by atoms with Crippen LogP contribution in [-0.2, 0) is 13.6 Å². The molecule has 0 radical (unpaired) electrons. The maximum absolute atomic E-state index is 4.11. The summed E-state index contributed by atoms with van der Waals surface area (Å²) in [6.07, 6.45) is 3.02. The fourth-order valence-corrected chi connectivity index (χ4v) is 1.31. The number of aromatic nitrogens is 2. The highest BCUT2D eigenvalue weighted by molar-refractivity contribution is 5.85. The van der Waals surface area contributed by atoms with Gasteiger partial charge in [-0.05, 0) is 39.7 Å². The van der Waals surface area contributed by atoms with Crippen LogP contribution in [-0.4, -0.2) is 41.9 Å². The lowest BCUT2D eigenvalue weighted by Crippen LogP contribution is -2.21. The molecule has 0 saturated heterocycles. The first-order valence-electron chi connectivity index (χ1n) is 5.02. The number of rotatable bonds is 6. The fraction of sp³-hybridized carbons (Fsp3) is 0.700. The SMILES string of the molecule is CN(C)CCCNCc1ccnn1C.Cl.Cl. The third-order valence-corrected chi connectivity index (χ3v) is 2.19. The van der Waals surface area contributed by atoms with E-state index in [4.69, 9.17) is 0 Å². The predicted octanol–water partition coefficient (Wildman–Crippen LogP) is 1.30. The highest BCUT2D eigenvalue weighted by atomic mass is 35.5. The molecule has 1 N–H and O–H groups in total. The first-order chi connectivity index (χ1) is 6.70. The second-order valence-corrected chi connectivity index (χ2v) is 3.78. The van der Waals surface area contributed by atoms with Gasteiger partial charge in [-0.15, -0.1) is 24.8 Å². The van der Waals surface area contributed by atoms with Crippen LogP contribution in [0.25, 0.3) is 0 Å². The fourth-order valence-electron chi connectivity index (χ4n) is 1.31. The maximum atomic E-state index is 4.11. The van der Waals surface area contributed by atoms with Crippen molar-refractivity contribution >= 4 is 24.8 Å². The Kier molecular flexibility index (Phi) is 11.2. The van der Waals surface area contributed by atoms with Crippen LogP contribution in [0, 0.1) is 0 Å². The van der Waals surface area contributed by atoms with Gasteiger partial charge in [0.05, 0.1) is 5.69 Å². The van der Waals surface area contributed by atoms with Gasteiger partial charge in [-0.2, -0.15) is 5.10 Å². The standard InChI is InChI=1S/C10H20N4.2ClH/c1-13(2)8-4-6-11-9-10-5-7-12-14(10)3;;/h5,7,11H,4,6,8-9H2,1-3H3;2*1H. The third kappa shape index (κ3) is 7.06. The molecule has 0 aromatic carbocycles. The molecule has 1 aromatic heterocycles. The zero-order chi connectivity index (χ0) is 10.4. The molecule has 6 heteroatoms. The van der Waals surface area contributed by atoms with E-state index in [9.17, 15) is 0 Å². The Morgan fingerprint density at radius 2 is 2.06 bits per heavy atom. The molecule has 16 heavy (non-hydrogen) atoms. The van der Waals surface area contributed by atoms with Crippen LogP contribution in [0.2, 0.25) is 0 Å². The van der Waals surface area contributed by atoms with Crippen LogP contribution in [0.15, 0.2) is 12.3 Å². The second-order valence-electron chi connectivity index (χ2n) is 3.78. The predicted molar refractivity (Wildman–Crippen MR) is 72.6 cm³/mol. The van der Waals surface area contributed by atoms with E-state index in [0.29, 0.717) is 0 Å². The van der Waals surface area contributed by atoms with Gasteiger partial charge in [-0.25, -0.2) is 0 Å². The molecule has 0 unspecified atom stereocenters. The molecule has 0 amide bonds. The number of halogens is 2. The Bertz CT molecular complexity index is 263. The molecule has 4 nitrogen and oxygen atoms in total. The summed E-state index contributed by atoms with van der Waals surface area (Å²) in [4.78, 5) is 2.20. The molecule has 1 aromatic rings. The molecule has 0 spiro atoms. The summed E-state index contributed by atoms with van der Waals surface area (Å²) in [5.74, 6) is 0. The van der Waals surface area contributed by atoms with E-state index < -0.39 is 0 Å². The number of hydrogen-bond donors (Lipinski definition) is 1. The van der Waals surface area contributed by atoms with Crippen molar-refractivity contribution in [2.75, 3.05) is 27.2 Å². The second kappa shape index (κ2) is 9.90. The smallest absolute Gasteiger partial charge is 0.0518 e. The number of nitrogens with zero attached hydrogens (tertiary/aromatic N) is 3. The summed E-state index contributed by atoms with van der Waals surface area (Å²) in [6, 6.07) is 2.04. The van der Waals surface area contributed by atoms with E-state index in [-0.39, 0.29) is 24.8 Å². The molecule has 0 aliphatic heterocycles. The van der Waals surface area contributed by atoms with Gasteiger partial charge >= 0.3 is 0 Å². The molecule has 0 bridgehead atoms. The molecule has 1 rings (SSSR count). The van der Waals surface area contributed by atoms with Gasteiger partial charge < -0.3 is 10.2 Å². The first-order valence-corrected chi connectivity index (χ1v) is 5.02. The lowest BCUT2D eigenvalue weighted by molar-refractivity contribution is 0.393. The van der Waals surface area contributed by atoms with Crippen molar-refractivity contribution in [2.45, 2.75) is 13.0 Å². The van der Waals surface area contributed by atoms with Gasteiger partial charge in [0.2, 0.25) is 0 Å². The van der Waals surface area contributed by atoms with Crippen LogP contribution in [0.1, 0.15) is 12.1 Å². The van der Waals surface area contributed by atoms with Gasteiger partial charge in [0.1, 0.15) is 0 Å². The number of nitrogens with one attached hydrogen (secondary N) is 1. The summed E-state index contributed by atoms with van der Waals surface area (Å²) in [6.45, 7) is 3.10. The zero-order valence-corrected chi connectivity index (χ0v) is 11.8. The Balaban J connectivity index is 0. The molecular formula is C10H22Cl2N4. The van der Waals surface area contributed by atoms with Crippen LogP contribution in [0.5, 0.6) is 0 Å². The van der Waals surface area contributed by atoms with E-state index in [1.165, 1.54) is 12.1 Å². The van der Waals surface area contributed by atoms with Crippen molar-refractivity contribution in [3.05, 3.63) is 18.0 Å². The minimum atomic E-state index is 0. The lowest BCUT2D eigenvalue weighted by Gasteiger charge is -2.09. The summed E-state index contributed by atoms with van der Waals surface area (Å²) in [7, 11) is 6.17. The van der Waals surface area contributed by atoms with Crippen molar-refractivity contribution in [3.8, 4) is 0 Å². The number of aryl methyl sites for hydroxylation is 1. The summed E-state index contributed by atoms with van der Waals surface area (Å²) in [5.41, 5.74) is 1.23. The van der Waals surface area contributed by atoms with E-state index in [0.717, 1.165) is 19.6 Å². The lowest BCUT2D eigenvalue weighted by atomic mass is 10.3. The monoisotopic (exact) mass is 268 g/mol. The van der Waals surface area contributed by atoms with E-state index in [2.05, 4.69) is 29.4 Å². The van der Waals surface area contributed by atoms with Crippen molar-refractivity contribution in [3.63, 3.8) is 0 Å². The highest BCUT2D eigenvalue weighted by Crippen LogP contribution is 1.94. The molecule has 96 valence electrons. The maximum Gasteiger partial charge on any atom is 0.0518 e. The Hall–Kier alpha value is -0.290. The largest absolute Gasteiger partial charge is 0.311 e. The summed E-state index contributed by atoms with van der Waals surface area (Å²) < 4.78 is 1.90. The molecular weight excluding hydrogens is 247 g/mol. The van der Waals surface area contributed by atoms with Crippen LogP contribution in [0.4, 0.5) is 0 Å². The van der Waals surface area contributed by atoms with Crippen LogP contribution < -0.4 is 5.32 Å². The normalized spacial score (nSPS) is 9.75. The van der Waals surface area contributed by atoms with E-state index >= 15 is 0 Å². The van der Waals surface area contributed by atoms with Crippen LogP contribution >= 0.6 is 24.8 Å². The minimum Gasteiger partial charge on any atom is -0.311 e. The highest BCUT2D eigenvalue weighted by Gasteiger charge is 1.96. The summed E-state index contributed by atoms with van der Waals surface area (Å²) >= 11 is 0. The quantitative estimate of drug-likeness (QED) is 0.790. The van der Waals surface area contributed by atoms with Gasteiger partial charge in [-0.3, -0.25) is 4.68 Å². The summed E-state index contributed by atoms with van der Waals surface area (Å²) in [5, 5.41) is 7.51. The molecule has 0 aliphatic rings. The van der Waals surface area contributed by atoms with Gasteiger partial charge in [0.25, 0.3) is 0 Å². The van der Waals surface area contributed by atoms with Crippen molar-refractivity contribution < 1.29 is 0 Å². The van der Waals surface area contributed by atoms with Crippen molar-refractivity contribution in [1.29, 1.82) is 0 Å². The van der Waals surface area contributed by atoms with Gasteiger partial charge in [-0.1, -0.05) is 0 Å². The molecule has 0 atom stereocenters. The van der Waals surface area contributed by atoms with Crippen LogP contribution in [0.3, 0.4) is 0 Å². The molecule has 0 fully saturated rings. The molecule has 0 saturated carbocycles. The van der Waals surface area contributed by atoms with E-state index in [1.54, 1.807) is 0 Å². The van der Waals surface area contributed by atoms with Crippen molar-refractivity contribution in [1.82, 2.24) is 20.0 Å². The first kappa shape index (κ1) is 18.1. The zero-order valence-electron chi connectivity index (χ0n) is 10.1. The van der Waals surface area contributed by atoms with E-state index in [1.807, 2.05) is 24.0 Å².